The van der Waals surface area contributed by atoms with Gasteiger partial charge in [-0.2, -0.15) is 5.10 Å². The normalized spacial score (nSPS) is 12.1. The van der Waals surface area contributed by atoms with Crippen LogP contribution in [0.1, 0.15) is 12.5 Å². The van der Waals surface area contributed by atoms with Crippen molar-refractivity contribution in [2.75, 3.05) is 21.3 Å². The van der Waals surface area contributed by atoms with Crippen molar-refractivity contribution < 1.29 is 14.2 Å². The quantitative estimate of drug-likeness (QED) is 0.351. The molecule has 0 radical (unpaired) electrons. The zero-order chi connectivity index (χ0) is 22.5. The van der Waals surface area contributed by atoms with Crippen LogP contribution in [0.15, 0.2) is 69.6 Å². The van der Waals surface area contributed by atoms with Gasteiger partial charge in [-0.05, 0) is 42.6 Å². The number of thiophene rings is 1. The number of pyridine rings is 1. The number of methoxy groups -OCH3 is 3. The Hall–Kier alpha value is -3.43. The van der Waals surface area contributed by atoms with Gasteiger partial charge < -0.3 is 14.2 Å². The van der Waals surface area contributed by atoms with Gasteiger partial charge in [0.15, 0.2) is 11.5 Å². The van der Waals surface area contributed by atoms with Gasteiger partial charge in [0, 0.05) is 17.1 Å². The Balaban J connectivity index is 1.88. The first-order valence-electron chi connectivity index (χ1n) is 9.69. The van der Waals surface area contributed by atoms with Crippen molar-refractivity contribution in [3.05, 3.63) is 69.9 Å². The minimum Gasteiger partial charge on any atom is -0.493 e. The van der Waals surface area contributed by atoms with Crippen molar-refractivity contribution in [2.45, 2.75) is 6.92 Å². The van der Waals surface area contributed by atoms with E-state index >= 15 is 0 Å². The number of rotatable bonds is 7. The fourth-order valence-electron chi connectivity index (χ4n) is 3.10. The van der Waals surface area contributed by atoms with Crippen LogP contribution in [0.3, 0.4) is 0 Å². The number of aromatic nitrogens is 2. The summed E-state index contributed by atoms with van der Waals surface area (Å²) in [5.74, 6) is 1.69. The molecule has 0 aliphatic carbocycles. The Morgan fingerprint density at radius 2 is 1.78 bits per heavy atom. The zero-order valence-electron chi connectivity index (χ0n) is 18.1. The van der Waals surface area contributed by atoms with Crippen molar-refractivity contribution in [1.29, 1.82) is 0 Å². The SMILES string of the molecule is COc1cc(C(C)=Nn2c(-c3cccs3)csc2=Nc2cccnc2)cc(OC)c1OC. The van der Waals surface area contributed by atoms with Crippen LogP contribution in [-0.4, -0.2) is 36.7 Å². The lowest BCUT2D eigenvalue weighted by Crippen LogP contribution is -2.13. The third-order valence-electron chi connectivity index (χ3n) is 4.66. The smallest absolute Gasteiger partial charge is 0.211 e. The van der Waals surface area contributed by atoms with E-state index in [0.29, 0.717) is 17.2 Å². The molecule has 3 heterocycles. The minimum absolute atomic E-state index is 0.543. The number of hydrogen-bond acceptors (Lipinski definition) is 8. The van der Waals surface area contributed by atoms with E-state index in [0.717, 1.165) is 32.3 Å². The van der Waals surface area contributed by atoms with Gasteiger partial charge in [-0.1, -0.05) is 6.07 Å². The van der Waals surface area contributed by atoms with Gasteiger partial charge in [-0.3, -0.25) is 4.98 Å². The van der Waals surface area contributed by atoms with Crippen molar-refractivity contribution in [3.63, 3.8) is 0 Å². The largest absolute Gasteiger partial charge is 0.493 e. The van der Waals surface area contributed by atoms with Crippen LogP contribution in [0.4, 0.5) is 5.69 Å². The molecule has 7 nitrogen and oxygen atoms in total. The van der Waals surface area contributed by atoms with Crippen LogP contribution in [0, 0.1) is 0 Å². The standard InChI is InChI=1S/C23H22N4O3S2/c1-15(16-11-19(28-2)22(30-4)20(12-16)29-3)26-27-18(21-8-6-10-31-21)14-32-23(27)25-17-7-5-9-24-13-17/h5-14H,1-4H3. The first-order chi connectivity index (χ1) is 15.6. The highest BCUT2D eigenvalue weighted by atomic mass is 32.1. The van der Waals surface area contributed by atoms with Crippen LogP contribution in [0.5, 0.6) is 17.2 Å². The summed E-state index contributed by atoms with van der Waals surface area (Å²) in [7, 11) is 4.78. The number of ether oxygens (including phenoxy) is 3. The Kier molecular flexibility index (Phi) is 6.67. The van der Waals surface area contributed by atoms with E-state index < -0.39 is 0 Å². The molecule has 0 saturated carbocycles. The summed E-state index contributed by atoms with van der Waals surface area (Å²) in [4.78, 5) is 10.8. The van der Waals surface area contributed by atoms with Crippen LogP contribution in [-0.2, 0) is 0 Å². The maximum atomic E-state index is 5.50. The van der Waals surface area contributed by atoms with Crippen LogP contribution < -0.4 is 19.0 Å². The van der Waals surface area contributed by atoms with Gasteiger partial charge in [0.05, 0.1) is 49.5 Å². The monoisotopic (exact) mass is 466 g/mol. The molecule has 0 bridgehead atoms. The minimum atomic E-state index is 0.543. The summed E-state index contributed by atoms with van der Waals surface area (Å²) >= 11 is 3.18. The summed E-state index contributed by atoms with van der Waals surface area (Å²) in [6, 6.07) is 11.6. The first kappa shape index (κ1) is 21.8. The van der Waals surface area contributed by atoms with Gasteiger partial charge in [0.25, 0.3) is 0 Å². The fraction of sp³-hybridized carbons (Fsp3) is 0.174. The van der Waals surface area contributed by atoms with E-state index in [9.17, 15) is 0 Å². The van der Waals surface area contributed by atoms with E-state index in [4.69, 9.17) is 24.3 Å². The lowest BCUT2D eigenvalue weighted by Gasteiger charge is -2.14. The van der Waals surface area contributed by atoms with Gasteiger partial charge >= 0.3 is 0 Å². The van der Waals surface area contributed by atoms with E-state index in [2.05, 4.69) is 16.4 Å². The second-order valence-corrected chi connectivity index (χ2v) is 8.40. The van der Waals surface area contributed by atoms with Gasteiger partial charge in [0.1, 0.15) is 0 Å². The predicted octanol–water partition coefficient (Wildman–Crippen LogP) is 5.20. The van der Waals surface area contributed by atoms with Crippen LogP contribution in [0.25, 0.3) is 10.6 Å². The molecule has 0 aliphatic heterocycles. The molecule has 4 rings (SSSR count). The molecule has 0 atom stereocenters. The molecular formula is C23H22N4O3S2. The summed E-state index contributed by atoms with van der Waals surface area (Å²) in [5.41, 5.74) is 3.36. The third-order valence-corrected chi connectivity index (χ3v) is 6.37. The molecular weight excluding hydrogens is 444 g/mol. The molecule has 0 N–H and O–H groups in total. The lowest BCUT2D eigenvalue weighted by atomic mass is 10.1. The number of hydrogen-bond donors (Lipinski definition) is 0. The summed E-state index contributed by atoms with van der Waals surface area (Å²) < 4.78 is 18.3. The lowest BCUT2D eigenvalue weighted by molar-refractivity contribution is 0.324. The van der Waals surface area contributed by atoms with Crippen LogP contribution in [0.2, 0.25) is 0 Å². The summed E-state index contributed by atoms with van der Waals surface area (Å²) in [6.07, 6.45) is 3.45. The highest BCUT2D eigenvalue weighted by Gasteiger charge is 2.15. The second kappa shape index (κ2) is 9.80. The number of thiazole rings is 1. The molecule has 1 aromatic carbocycles. The third kappa shape index (κ3) is 4.44. The topological polar surface area (TPSA) is 70.2 Å². The van der Waals surface area contributed by atoms with Crippen molar-refractivity contribution in [1.82, 2.24) is 9.66 Å². The number of nitrogens with zero attached hydrogens (tertiary/aromatic N) is 4. The Labute approximate surface area is 193 Å². The van der Waals surface area contributed by atoms with E-state index in [1.807, 2.05) is 47.3 Å². The van der Waals surface area contributed by atoms with Gasteiger partial charge in [0.2, 0.25) is 10.6 Å². The predicted molar refractivity (Wildman–Crippen MR) is 129 cm³/mol. The maximum absolute atomic E-state index is 5.50. The molecule has 0 fully saturated rings. The Morgan fingerprint density at radius 3 is 2.38 bits per heavy atom. The molecule has 0 saturated heterocycles. The van der Waals surface area contributed by atoms with E-state index in [1.165, 1.54) is 11.3 Å². The molecule has 164 valence electrons. The van der Waals surface area contributed by atoms with Gasteiger partial charge in [-0.15, -0.1) is 22.7 Å². The van der Waals surface area contributed by atoms with E-state index in [-0.39, 0.29) is 0 Å². The summed E-state index contributed by atoms with van der Waals surface area (Å²) in [6.45, 7) is 1.94. The molecule has 4 aromatic rings. The maximum Gasteiger partial charge on any atom is 0.211 e. The average Bonchev–Trinajstić information content (AvgIpc) is 3.49. The average molecular weight is 467 g/mol. The Bertz CT molecular complexity index is 1270. The molecule has 0 spiro atoms. The van der Waals surface area contributed by atoms with Crippen molar-refractivity contribution >= 4 is 34.1 Å². The van der Waals surface area contributed by atoms with Gasteiger partial charge in [-0.25, -0.2) is 9.67 Å². The molecule has 0 aliphatic rings. The molecule has 9 heteroatoms. The van der Waals surface area contributed by atoms with Crippen molar-refractivity contribution in [2.24, 2.45) is 10.1 Å². The highest BCUT2D eigenvalue weighted by molar-refractivity contribution is 7.14. The molecule has 3 aromatic heterocycles. The van der Waals surface area contributed by atoms with E-state index in [1.54, 1.807) is 45.1 Å². The van der Waals surface area contributed by atoms with Crippen LogP contribution >= 0.6 is 22.7 Å². The highest BCUT2D eigenvalue weighted by Crippen LogP contribution is 2.38. The second-order valence-electron chi connectivity index (χ2n) is 6.62. The zero-order valence-corrected chi connectivity index (χ0v) is 19.7. The first-order valence-corrected chi connectivity index (χ1v) is 11.5. The fourth-order valence-corrected chi connectivity index (χ4v) is 4.74. The summed E-state index contributed by atoms with van der Waals surface area (Å²) in [5, 5.41) is 9.04. The molecule has 32 heavy (non-hydrogen) atoms. The van der Waals surface area contributed by atoms with Crippen molar-refractivity contribution in [3.8, 4) is 27.8 Å². The molecule has 0 unspecified atom stereocenters. The molecule has 0 amide bonds. The number of benzene rings is 1. The Morgan fingerprint density at radius 1 is 1.00 bits per heavy atom.